The average molecular weight is 368 g/mol. The van der Waals surface area contributed by atoms with Crippen LogP contribution in [0.4, 0.5) is 10.1 Å². The molecule has 0 saturated carbocycles. The Kier molecular flexibility index (Phi) is 5.88. The van der Waals surface area contributed by atoms with Gasteiger partial charge in [-0.25, -0.2) is 4.39 Å². The van der Waals surface area contributed by atoms with E-state index in [-0.39, 0.29) is 16.7 Å². The maximum Gasteiger partial charge on any atom is 0.294 e. The molecule has 1 saturated heterocycles. The summed E-state index contributed by atoms with van der Waals surface area (Å²) in [6.45, 7) is 2.69. The molecule has 25 heavy (non-hydrogen) atoms. The van der Waals surface area contributed by atoms with Crippen molar-refractivity contribution in [2.24, 2.45) is 5.92 Å². The Morgan fingerprint density at radius 3 is 3.12 bits per heavy atom. The molecule has 134 valence electrons. The summed E-state index contributed by atoms with van der Waals surface area (Å²) in [5.41, 5.74) is 0.362. The van der Waals surface area contributed by atoms with Gasteiger partial charge in [0.15, 0.2) is 0 Å². The van der Waals surface area contributed by atoms with Gasteiger partial charge < -0.3 is 19.9 Å². The molecule has 1 atom stereocenters. The molecule has 0 aliphatic carbocycles. The van der Waals surface area contributed by atoms with E-state index in [1.54, 1.807) is 0 Å². The number of carbonyl (C=O) groups is 1. The van der Waals surface area contributed by atoms with E-state index in [1.165, 1.54) is 30.7 Å². The minimum absolute atomic E-state index is 0.00967. The molecule has 1 aliphatic rings. The van der Waals surface area contributed by atoms with Crippen molar-refractivity contribution in [1.29, 1.82) is 0 Å². The minimum Gasteiger partial charge on any atom is -0.475 e. The van der Waals surface area contributed by atoms with Crippen LogP contribution in [0.2, 0.25) is 5.02 Å². The van der Waals surface area contributed by atoms with Crippen molar-refractivity contribution in [1.82, 2.24) is 10.5 Å². The molecule has 0 spiro atoms. The average Bonchev–Trinajstić information content (AvgIpc) is 3.26. The molecule has 2 heterocycles. The summed E-state index contributed by atoms with van der Waals surface area (Å²) in [6, 6.07) is 5.33. The molecule has 0 bridgehead atoms. The van der Waals surface area contributed by atoms with E-state index in [4.69, 9.17) is 20.9 Å². The number of halogens is 2. The summed E-state index contributed by atoms with van der Waals surface area (Å²) < 4.78 is 23.6. The number of anilines is 1. The normalized spacial score (nSPS) is 16.8. The van der Waals surface area contributed by atoms with Crippen molar-refractivity contribution in [2.45, 2.75) is 19.3 Å². The minimum atomic E-state index is -0.552. The second-order valence-electron chi connectivity index (χ2n) is 5.96. The molecule has 1 fully saturated rings. The fourth-order valence-corrected chi connectivity index (χ4v) is 2.89. The summed E-state index contributed by atoms with van der Waals surface area (Å²) in [5.74, 6) is -0.0717. The maximum atomic E-state index is 13.1. The van der Waals surface area contributed by atoms with Crippen LogP contribution < -0.4 is 15.4 Å². The predicted molar refractivity (Wildman–Crippen MR) is 91.6 cm³/mol. The lowest BCUT2D eigenvalue weighted by atomic mass is 10.0. The van der Waals surface area contributed by atoms with Crippen LogP contribution in [-0.4, -0.2) is 30.8 Å². The molecule has 0 radical (unpaired) electrons. The van der Waals surface area contributed by atoms with E-state index in [1.807, 2.05) is 0 Å². The van der Waals surface area contributed by atoms with Crippen molar-refractivity contribution in [3.05, 3.63) is 40.9 Å². The summed E-state index contributed by atoms with van der Waals surface area (Å²) in [6.07, 6.45) is 3.24. The summed E-state index contributed by atoms with van der Waals surface area (Å²) in [5, 5.41) is 9.54. The van der Waals surface area contributed by atoms with Crippen molar-refractivity contribution in [2.75, 3.05) is 25.0 Å². The largest absolute Gasteiger partial charge is 0.475 e. The quantitative estimate of drug-likeness (QED) is 0.732. The predicted octanol–water partition coefficient (Wildman–Crippen LogP) is 3.49. The van der Waals surface area contributed by atoms with Crippen LogP contribution in [0.15, 0.2) is 28.8 Å². The van der Waals surface area contributed by atoms with Crippen LogP contribution in [0, 0.1) is 11.7 Å². The number of hydrogen-bond acceptors (Lipinski definition) is 5. The van der Waals surface area contributed by atoms with Gasteiger partial charge in [0, 0.05) is 5.69 Å². The Morgan fingerprint density at radius 2 is 2.36 bits per heavy atom. The van der Waals surface area contributed by atoms with E-state index in [0.717, 1.165) is 25.9 Å². The van der Waals surface area contributed by atoms with E-state index >= 15 is 0 Å². The number of nitrogens with one attached hydrogen (secondary N) is 2. The Balaban J connectivity index is 1.46. The molecule has 6 nitrogen and oxygen atoms in total. The van der Waals surface area contributed by atoms with Gasteiger partial charge in [-0.3, -0.25) is 4.79 Å². The number of rotatable bonds is 7. The first kappa shape index (κ1) is 17.7. The van der Waals surface area contributed by atoms with Crippen LogP contribution in [0.1, 0.15) is 29.8 Å². The van der Waals surface area contributed by atoms with E-state index < -0.39 is 11.7 Å². The third kappa shape index (κ3) is 4.93. The fourth-order valence-electron chi connectivity index (χ4n) is 2.71. The third-order valence-corrected chi connectivity index (χ3v) is 4.35. The first-order valence-corrected chi connectivity index (χ1v) is 8.56. The van der Waals surface area contributed by atoms with Crippen molar-refractivity contribution in [3.8, 4) is 5.88 Å². The highest BCUT2D eigenvalue weighted by molar-refractivity contribution is 6.31. The van der Waals surface area contributed by atoms with Gasteiger partial charge >= 0.3 is 0 Å². The first-order valence-electron chi connectivity index (χ1n) is 8.18. The molecule has 1 aliphatic heterocycles. The zero-order valence-electron chi connectivity index (χ0n) is 13.6. The van der Waals surface area contributed by atoms with Gasteiger partial charge in [0.25, 0.3) is 11.8 Å². The fraction of sp³-hybridized carbons (Fsp3) is 0.412. The molecule has 1 amide bonds. The Morgan fingerprint density at radius 1 is 1.48 bits per heavy atom. The van der Waals surface area contributed by atoms with Crippen LogP contribution >= 0.6 is 11.6 Å². The van der Waals surface area contributed by atoms with Gasteiger partial charge in [-0.1, -0.05) is 11.6 Å². The number of ether oxygens (including phenoxy) is 1. The smallest absolute Gasteiger partial charge is 0.294 e. The standard InChI is InChI=1S/C17H19ClFN3O3/c18-13-8-12(3-4-14(13)19)21-17(23)15-9-16(22-25-15)24-7-1-2-11-5-6-20-10-11/h3-4,8-9,11,20H,1-2,5-7,10H2,(H,21,23). The zero-order chi connectivity index (χ0) is 17.6. The summed E-state index contributed by atoms with van der Waals surface area (Å²) in [4.78, 5) is 12.1. The topological polar surface area (TPSA) is 76.4 Å². The summed E-state index contributed by atoms with van der Waals surface area (Å²) in [7, 11) is 0. The highest BCUT2D eigenvalue weighted by atomic mass is 35.5. The molecular weight excluding hydrogens is 349 g/mol. The molecule has 1 unspecified atom stereocenters. The van der Waals surface area contributed by atoms with Gasteiger partial charge in [-0.2, -0.15) is 0 Å². The molecule has 2 aromatic rings. The lowest BCUT2D eigenvalue weighted by Gasteiger charge is -2.07. The number of amides is 1. The Labute approximate surface area is 149 Å². The Bertz CT molecular complexity index is 732. The first-order chi connectivity index (χ1) is 12.1. The van der Waals surface area contributed by atoms with Gasteiger partial charge in [0.05, 0.1) is 17.7 Å². The molecule has 1 aromatic carbocycles. The third-order valence-electron chi connectivity index (χ3n) is 4.06. The van der Waals surface area contributed by atoms with Crippen molar-refractivity contribution in [3.63, 3.8) is 0 Å². The van der Waals surface area contributed by atoms with Crippen LogP contribution in [-0.2, 0) is 0 Å². The SMILES string of the molecule is O=C(Nc1ccc(F)c(Cl)c1)c1cc(OCCCC2CCNC2)no1. The van der Waals surface area contributed by atoms with E-state index in [0.29, 0.717) is 18.2 Å². The van der Waals surface area contributed by atoms with Crippen molar-refractivity contribution < 1.29 is 18.4 Å². The second kappa shape index (κ2) is 8.31. The number of benzene rings is 1. The van der Waals surface area contributed by atoms with Crippen LogP contribution in [0.5, 0.6) is 5.88 Å². The highest BCUT2D eigenvalue weighted by Crippen LogP contribution is 2.21. The number of aromatic nitrogens is 1. The zero-order valence-corrected chi connectivity index (χ0v) is 14.3. The van der Waals surface area contributed by atoms with Crippen LogP contribution in [0.25, 0.3) is 0 Å². The van der Waals surface area contributed by atoms with E-state index in [9.17, 15) is 9.18 Å². The molecule has 3 rings (SSSR count). The van der Waals surface area contributed by atoms with Crippen molar-refractivity contribution >= 4 is 23.2 Å². The monoisotopic (exact) mass is 367 g/mol. The Hall–Kier alpha value is -2.12. The lowest BCUT2D eigenvalue weighted by molar-refractivity contribution is 0.0987. The summed E-state index contributed by atoms with van der Waals surface area (Å²) >= 11 is 5.68. The van der Waals surface area contributed by atoms with Gasteiger partial charge in [0.2, 0.25) is 5.76 Å². The number of hydrogen-bond donors (Lipinski definition) is 2. The second-order valence-corrected chi connectivity index (χ2v) is 6.37. The molecule has 2 N–H and O–H groups in total. The van der Waals surface area contributed by atoms with E-state index in [2.05, 4.69) is 15.8 Å². The molecule has 8 heteroatoms. The number of carbonyl (C=O) groups excluding carboxylic acids is 1. The highest BCUT2D eigenvalue weighted by Gasteiger charge is 2.16. The van der Waals surface area contributed by atoms with Gasteiger partial charge in [0.1, 0.15) is 5.82 Å². The molecule has 1 aromatic heterocycles. The number of nitrogens with zero attached hydrogens (tertiary/aromatic N) is 1. The van der Waals surface area contributed by atoms with Gasteiger partial charge in [-0.15, -0.1) is 0 Å². The van der Waals surface area contributed by atoms with Crippen LogP contribution in [0.3, 0.4) is 0 Å². The lowest BCUT2D eigenvalue weighted by Crippen LogP contribution is -2.11. The molecular formula is C17H19ClFN3O3. The maximum absolute atomic E-state index is 13.1. The van der Waals surface area contributed by atoms with Gasteiger partial charge in [-0.05, 0) is 61.6 Å².